The maximum absolute atomic E-state index is 12.7. The Labute approximate surface area is 158 Å². The Bertz CT molecular complexity index is 850. The normalized spacial score (nSPS) is 19.0. The third-order valence-corrected chi connectivity index (χ3v) is 5.25. The first-order valence-corrected chi connectivity index (χ1v) is 9.20. The van der Waals surface area contributed by atoms with E-state index in [4.69, 9.17) is 4.74 Å². The minimum absolute atomic E-state index is 0.0226. The van der Waals surface area contributed by atoms with Crippen LogP contribution in [0.2, 0.25) is 0 Å². The number of amides is 3. The highest BCUT2D eigenvalue weighted by Crippen LogP contribution is 2.24. The molecule has 3 amide bonds. The van der Waals surface area contributed by atoms with Crippen molar-refractivity contribution in [1.29, 1.82) is 0 Å². The van der Waals surface area contributed by atoms with Crippen LogP contribution in [0, 0.1) is 0 Å². The summed E-state index contributed by atoms with van der Waals surface area (Å²) in [5.41, 5.74) is 3.33. The van der Waals surface area contributed by atoms with Gasteiger partial charge in [-0.05, 0) is 41.8 Å². The van der Waals surface area contributed by atoms with Crippen molar-refractivity contribution in [2.45, 2.75) is 25.4 Å². The maximum Gasteiger partial charge on any atom is 0.318 e. The summed E-state index contributed by atoms with van der Waals surface area (Å²) in [4.78, 5) is 28.6. The molecule has 0 radical (unpaired) electrons. The summed E-state index contributed by atoms with van der Waals surface area (Å²) in [5, 5.41) is 3.03. The largest absolute Gasteiger partial charge is 0.497 e. The van der Waals surface area contributed by atoms with Gasteiger partial charge in [-0.1, -0.05) is 24.3 Å². The van der Waals surface area contributed by atoms with Gasteiger partial charge in [0, 0.05) is 31.7 Å². The summed E-state index contributed by atoms with van der Waals surface area (Å²) in [6.45, 7) is 1.80. The topological polar surface area (TPSA) is 61.9 Å². The molecule has 2 aromatic carbocycles. The molecule has 0 aromatic heterocycles. The van der Waals surface area contributed by atoms with Crippen molar-refractivity contribution >= 4 is 17.6 Å². The molecule has 6 heteroatoms. The molecule has 4 rings (SSSR count). The standard InChI is InChI=1S/C21H23N3O3/c1-27-19-8-6-18(7-9-19)24-14-17(12-20(24)25)22-21(26)23-11-10-15-4-2-3-5-16(15)13-23/h2-9,17H,10-14H2,1H3,(H,22,26). The number of anilines is 1. The summed E-state index contributed by atoms with van der Waals surface area (Å²) in [5.74, 6) is 0.773. The lowest BCUT2D eigenvalue weighted by molar-refractivity contribution is -0.117. The Morgan fingerprint density at radius 1 is 1.11 bits per heavy atom. The fraction of sp³-hybridized carbons (Fsp3) is 0.333. The molecule has 1 unspecified atom stereocenters. The lowest BCUT2D eigenvalue weighted by atomic mass is 10.0. The molecule has 27 heavy (non-hydrogen) atoms. The molecule has 1 atom stereocenters. The van der Waals surface area contributed by atoms with Crippen molar-refractivity contribution in [3.8, 4) is 5.75 Å². The fourth-order valence-corrected chi connectivity index (χ4v) is 3.75. The maximum atomic E-state index is 12.7. The molecule has 1 saturated heterocycles. The quantitative estimate of drug-likeness (QED) is 0.909. The molecule has 2 aromatic rings. The number of hydrogen-bond donors (Lipinski definition) is 1. The van der Waals surface area contributed by atoms with Gasteiger partial charge in [0.25, 0.3) is 0 Å². The zero-order valence-electron chi connectivity index (χ0n) is 15.4. The highest BCUT2D eigenvalue weighted by molar-refractivity contribution is 5.96. The van der Waals surface area contributed by atoms with E-state index in [0.29, 0.717) is 26.1 Å². The molecule has 1 fully saturated rings. The van der Waals surface area contributed by atoms with Crippen LogP contribution in [0.5, 0.6) is 5.75 Å². The SMILES string of the molecule is COc1ccc(N2CC(NC(=O)N3CCc4ccccc4C3)CC2=O)cc1. The number of carbonyl (C=O) groups is 2. The summed E-state index contributed by atoms with van der Waals surface area (Å²) < 4.78 is 5.16. The lowest BCUT2D eigenvalue weighted by Gasteiger charge is -2.30. The number of nitrogens with zero attached hydrogens (tertiary/aromatic N) is 2. The third kappa shape index (κ3) is 3.60. The van der Waals surface area contributed by atoms with Crippen molar-refractivity contribution in [2.75, 3.05) is 25.1 Å². The van der Waals surface area contributed by atoms with E-state index in [0.717, 1.165) is 17.9 Å². The van der Waals surface area contributed by atoms with E-state index in [9.17, 15) is 9.59 Å². The summed E-state index contributed by atoms with van der Waals surface area (Å²) in [6.07, 6.45) is 1.19. The van der Waals surface area contributed by atoms with Crippen LogP contribution >= 0.6 is 0 Å². The van der Waals surface area contributed by atoms with Gasteiger partial charge in [-0.25, -0.2) is 4.79 Å². The van der Waals surface area contributed by atoms with Crippen LogP contribution in [0.25, 0.3) is 0 Å². The molecule has 2 heterocycles. The second-order valence-electron chi connectivity index (χ2n) is 6.99. The van der Waals surface area contributed by atoms with Gasteiger partial charge in [-0.2, -0.15) is 0 Å². The van der Waals surface area contributed by atoms with Gasteiger partial charge in [0.05, 0.1) is 13.2 Å². The van der Waals surface area contributed by atoms with E-state index in [1.54, 1.807) is 12.0 Å². The number of carbonyl (C=O) groups excluding carboxylic acids is 2. The summed E-state index contributed by atoms with van der Waals surface area (Å²) in [7, 11) is 1.61. The van der Waals surface area contributed by atoms with Crippen molar-refractivity contribution in [3.63, 3.8) is 0 Å². The number of benzene rings is 2. The summed E-state index contributed by atoms with van der Waals surface area (Å²) in [6, 6.07) is 15.3. The van der Waals surface area contributed by atoms with Crippen LogP contribution in [0.1, 0.15) is 17.5 Å². The number of hydrogen-bond acceptors (Lipinski definition) is 3. The molecule has 2 aliphatic rings. The van der Waals surface area contributed by atoms with Gasteiger partial charge < -0.3 is 19.9 Å². The predicted octanol–water partition coefficient (Wildman–Crippen LogP) is 2.57. The second kappa shape index (κ2) is 7.31. The molecular weight excluding hydrogens is 342 g/mol. The Morgan fingerprint density at radius 3 is 2.59 bits per heavy atom. The van der Waals surface area contributed by atoms with E-state index >= 15 is 0 Å². The van der Waals surface area contributed by atoms with Crippen LogP contribution in [0.15, 0.2) is 48.5 Å². The minimum atomic E-state index is -0.177. The van der Waals surface area contributed by atoms with Crippen LogP contribution in [0.4, 0.5) is 10.5 Å². The zero-order valence-corrected chi connectivity index (χ0v) is 15.4. The first-order valence-electron chi connectivity index (χ1n) is 9.20. The van der Waals surface area contributed by atoms with E-state index in [1.165, 1.54) is 11.1 Å². The average Bonchev–Trinajstić information content (AvgIpc) is 3.07. The predicted molar refractivity (Wildman–Crippen MR) is 103 cm³/mol. The Morgan fingerprint density at radius 2 is 1.85 bits per heavy atom. The average molecular weight is 365 g/mol. The van der Waals surface area contributed by atoms with E-state index < -0.39 is 0 Å². The Kier molecular flexibility index (Phi) is 4.71. The van der Waals surface area contributed by atoms with Crippen molar-refractivity contribution in [3.05, 3.63) is 59.7 Å². The Hall–Kier alpha value is -3.02. The van der Waals surface area contributed by atoms with Crippen LogP contribution in [-0.4, -0.2) is 43.1 Å². The molecule has 140 valence electrons. The molecule has 6 nitrogen and oxygen atoms in total. The zero-order chi connectivity index (χ0) is 18.8. The minimum Gasteiger partial charge on any atom is -0.497 e. The first kappa shape index (κ1) is 17.4. The smallest absolute Gasteiger partial charge is 0.318 e. The fourth-order valence-electron chi connectivity index (χ4n) is 3.75. The highest BCUT2D eigenvalue weighted by Gasteiger charge is 2.33. The number of ether oxygens (including phenoxy) is 1. The van der Waals surface area contributed by atoms with Crippen LogP contribution < -0.4 is 15.0 Å². The Balaban J connectivity index is 1.37. The van der Waals surface area contributed by atoms with E-state index in [-0.39, 0.29) is 18.0 Å². The van der Waals surface area contributed by atoms with Crippen molar-refractivity contribution in [1.82, 2.24) is 10.2 Å². The molecule has 0 bridgehead atoms. The number of nitrogens with one attached hydrogen (secondary N) is 1. The first-order chi connectivity index (χ1) is 13.1. The molecule has 0 aliphatic carbocycles. The molecule has 2 aliphatic heterocycles. The van der Waals surface area contributed by atoms with Gasteiger partial charge >= 0.3 is 6.03 Å². The molecular formula is C21H23N3O3. The van der Waals surface area contributed by atoms with Gasteiger partial charge in [0.15, 0.2) is 0 Å². The third-order valence-electron chi connectivity index (χ3n) is 5.25. The van der Waals surface area contributed by atoms with Gasteiger partial charge in [0.2, 0.25) is 5.91 Å². The van der Waals surface area contributed by atoms with Crippen LogP contribution in [-0.2, 0) is 17.8 Å². The van der Waals surface area contributed by atoms with E-state index in [2.05, 4.69) is 17.4 Å². The van der Waals surface area contributed by atoms with Crippen LogP contribution in [0.3, 0.4) is 0 Å². The van der Waals surface area contributed by atoms with Crippen molar-refractivity contribution < 1.29 is 14.3 Å². The van der Waals surface area contributed by atoms with Gasteiger partial charge in [-0.3, -0.25) is 4.79 Å². The number of urea groups is 1. The number of fused-ring (bicyclic) bond motifs is 1. The van der Waals surface area contributed by atoms with E-state index in [1.807, 2.05) is 41.3 Å². The van der Waals surface area contributed by atoms with Gasteiger partial charge in [-0.15, -0.1) is 0 Å². The number of methoxy groups -OCH3 is 1. The lowest BCUT2D eigenvalue weighted by Crippen LogP contribution is -2.47. The molecule has 0 spiro atoms. The summed E-state index contributed by atoms with van der Waals surface area (Å²) >= 11 is 0. The monoisotopic (exact) mass is 365 g/mol. The highest BCUT2D eigenvalue weighted by atomic mass is 16.5. The molecule has 1 N–H and O–H groups in total. The second-order valence-corrected chi connectivity index (χ2v) is 6.99. The molecule has 0 saturated carbocycles. The van der Waals surface area contributed by atoms with Crippen molar-refractivity contribution in [2.24, 2.45) is 0 Å². The number of rotatable bonds is 3. The van der Waals surface area contributed by atoms with Gasteiger partial charge in [0.1, 0.15) is 5.75 Å².